The molecule has 0 N–H and O–H groups in total. The molecule has 5 nitrogen and oxygen atoms in total. The highest BCUT2D eigenvalue weighted by Gasteiger charge is 2.22. The van der Waals surface area contributed by atoms with E-state index in [-0.39, 0.29) is 19.0 Å². The van der Waals surface area contributed by atoms with Gasteiger partial charge in [-0.15, -0.1) is 0 Å². The highest BCUT2D eigenvalue weighted by molar-refractivity contribution is 7.08. The quantitative estimate of drug-likeness (QED) is 0.483. The van der Waals surface area contributed by atoms with Gasteiger partial charge in [0.1, 0.15) is 12.2 Å². The van der Waals surface area contributed by atoms with E-state index in [1.807, 2.05) is 29.0 Å². The Labute approximate surface area is 148 Å². The topological polar surface area (TPSA) is 65.7 Å². The summed E-state index contributed by atoms with van der Waals surface area (Å²) in [5, 5.41) is 4.57. The van der Waals surface area contributed by atoms with Gasteiger partial charge >= 0.3 is 11.9 Å². The van der Waals surface area contributed by atoms with Crippen LogP contribution in [0, 0.1) is 0 Å². The molecule has 0 aliphatic carbocycles. The second-order valence-electron chi connectivity index (χ2n) is 5.12. The summed E-state index contributed by atoms with van der Waals surface area (Å²) in [4.78, 5) is 24.0. The fourth-order valence-corrected chi connectivity index (χ4v) is 2.96. The molecular formula is C19H16O5S. The maximum atomic E-state index is 12.1. The number of benzene rings is 1. The van der Waals surface area contributed by atoms with Gasteiger partial charge in [-0.25, -0.2) is 9.59 Å². The highest BCUT2D eigenvalue weighted by atomic mass is 32.1. The number of para-hydroxylation sites is 1. The van der Waals surface area contributed by atoms with E-state index in [4.69, 9.17) is 13.9 Å². The molecule has 0 bridgehead atoms. The van der Waals surface area contributed by atoms with E-state index in [2.05, 4.69) is 0 Å². The van der Waals surface area contributed by atoms with E-state index in [1.54, 1.807) is 36.5 Å². The molecule has 1 aromatic carbocycles. The lowest BCUT2D eigenvalue weighted by atomic mass is 10.1. The van der Waals surface area contributed by atoms with Crippen molar-refractivity contribution in [3.8, 4) is 0 Å². The lowest BCUT2D eigenvalue weighted by Gasteiger charge is -2.04. The van der Waals surface area contributed by atoms with Crippen LogP contribution in [-0.4, -0.2) is 18.5 Å². The summed E-state index contributed by atoms with van der Waals surface area (Å²) in [6.07, 6.45) is 3.03. The third-order valence-corrected chi connectivity index (χ3v) is 4.17. The summed E-state index contributed by atoms with van der Waals surface area (Å²) in [6.45, 7) is 1.88. The van der Waals surface area contributed by atoms with Crippen LogP contribution in [0.1, 0.15) is 28.6 Å². The predicted molar refractivity (Wildman–Crippen MR) is 95.3 cm³/mol. The number of rotatable bonds is 6. The molecule has 0 spiro atoms. The molecule has 0 radical (unpaired) electrons. The van der Waals surface area contributed by atoms with E-state index in [9.17, 15) is 9.59 Å². The van der Waals surface area contributed by atoms with Crippen molar-refractivity contribution >= 4 is 40.3 Å². The molecule has 6 heteroatoms. The third kappa shape index (κ3) is 3.97. The van der Waals surface area contributed by atoms with E-state index in [0.717, 1.165) is 10.9 Å². The fraction of sp³-hybridized carbons (Fsp3) is 0.158. The molecular weight excluding hydrogens is 340 g/mol. The minimum Gasteiger partial charge on any atom is -0.460 e. The number of hydrogen-bond donors (Lipinski definition) is 0. The summed E-state index contributed by atoms with van der Waals surface area (Å²) in [5.74, 6) is -0.998. The summed E-state index contributed by atoms with van der Waals surface area (Å²) < 4.78 is 15.9. The van der Waals surface area contributed by atoms with Crippen molar-refractivity contribution in [1.29, 1.82) is 0 Å². The Bertz CT molecular complexity index is 905. The maximum Gasteiger partial charge on any atom is 0.374 e. The van der Waals surface area contributed by atoms with Crippen LogP contribution in [0.2, 0.25) is 0 Å². The van der Waals surface area contributed by atoms with E-state index in [0.29, 0.717) is 11.1 Å². The number of hydrogen-bond acceptors (Lipinski definition) is 6. The number of esters is 2. The molecule has 3 aromatic rings. The number of ether oxygens (including phenoxy) is 2. The average molecular weight is 356 g/mol. The molecule has 0 aliphatic rings. The van der Waals surface area contributed by atoms with Gasteiger partial charge in [-0.1, -0.05) is 18.2 Å². The Hall–Kier alpha value is -2.86. The first kappa shape index (κ1) is 17.0. The second kappa shape index (κ2) is 7.81. The monoisotopic (exact) mass is 356 g/mol. The zero-order valence-corrected chi connectivity index (χ0v) is 14.4. The predicted octanol–water partition coefficient (Wildman–Crippen LogP) is 4.43. The Morgan fingerprint density at radius 2 is 2.04 bits per heavy atom. The summed E-state index contributed by atoms with van der Waals surface area (Å²) >= 11 is 1.55. The molecule has 3 rings (SSSR count). The number of carbonyl (C=O) groups is 2. The van der Waals surface area contributed by atoms with Crippen LogP contribution in [0.4, 0.5) is 0 Å². The van der Waals surface area contributed by atoms with Crippen LogP contribution in [0.15, 0.2) is 51.6 Å². The summed E-state index contributed by atoms with van der Waals surface area (Å²) in [6, 6.07) is 9.09. The first-order valence-electron chi connectivity index (χ1n) is 7.73. The minimum atomic E-state index is -0.571. The molecule has 0 atom stereocenters. The van der Waals surface area contributed by atoms with Gasteiger partial charge in [0.05, 0.1) is 12.2 Å². The summed E-state index contributed by atoms with van der Waals surface area (Å²) in [5.41, 5.74) is 1.99. The average Bonchev–Trinajstić information content (AvgIpc) is 3.26. The molecule has 0 saturated heterocycles. The van der Waals surface area contributed by atoms with E-state index >= 15 is 0 Å². The highest BCUT2D eigenvalue weighted by Crippen LogP contribution is 2.27. The minimum absolute atomic E-state index is 0.0673. The van der Waals surface area contributed by atoms with Crippen molar-refractivity contribution in [3.05, 3.63) is 64.1 Å². The third-order valence-electron chi connectivity index (χ3n) is 3.47. The molecule has 2 heterocycles. The number of fused-ring (bicyclic) bond motifs is 1. The van der Waals surface area contributed by atoms with Gasteiger partial charge in [-0.2, -0.15) is 11.3 Å². The molecule has 0 fully saturated rings. The maximum absolute atomic E-state index is 12.1. The Morgan fingerprint density at radius 3 is 2.80 bits per heavy atom. The van der Waals surface area contributed by atoms with Crippen LogP contribution in [0.25, 0.3) is 17.0 Å². The van der Waals surface area contributed by atoms with Gasteiger partial charge in [0.2, 0.25) is 5.76 Å². The molecule has 0 aliphatic heterocycles. The molecule has 0 unspecified atom stereocenters. The van der Waals surface area contributed by atoms with Crippen molar-refractivity contribution in [2.75, 3.05) is 6.61 Å². The van der Waals surface area contributed by atoms with Crippen LogP contribution in [0.3, 0.4) is 0 Å². The Morgan fingerprint density at radius 1 is 1.20 bits per heavy atom. The first-order valence-corrected chi connectivity index (χ1v) is 8.68. The molecule has 0 saturated carbocycles. The van der Waals surface area contributed by atoms with Crippen LogP contribution < -0.4 is 0 Å². The van der Waals surface area contributed by atoms with Gasteiger partial charge in [0, 0.05) is 11.5 Å². The first-order chi connectivity index (χ1) is 12.2. The lowest BCUT2D eigenvalue weighted by molar-refractivity contribution is -0.138. The van der Waals surface area contributed by atoms with Crippen molar-refractivity contribution < 1.29 is 23.5 Å². The van der Waals surface area contributed by atoms with Crippen molar-refractivity contribution in [1.82, 2.24) is 0 Å². The van der Waals surface area contributed by atoms with Crippen LogP contribution in [-0.2, 0) is 20.9 Å². The van der Waals surface area contributed by atoms with Crippen molar-refractivity contribution in [2.45, 2.75) is 13.5 Å². The van der Waals surface area contributed by atoms with Crippen LogP contribution >= 0.6 is 11.3 Å². The molecule has 2 aromatic heterocycles. The standard InChI is InChI=1S/C19H16O5S/c1-2-22-19(21)18-15(14-5-3-4-6-16(14)24-18)11-23-17(20)8-7-13-9-10-25-12-13/h3-10,12H,2,11H2,1H3/b8-7+. The van der Waals surface area contributed by atoms with Gasteiger partial charge in [0.25, 0.3) is 0 Å². The smallest absolute Gasteiger partial charge is 0.374 e. The number of carbonyl (C=O) groups excluding carboxylic acids is 2. The normalized spacial score (nSPS) is 11.1. The van der Waals surface area contributed by atoms with Gasteiger partial charge < -0.3 is 13.9 Å². The fourth-order valence-electron chi connectivity index (χ4n) is 2.33. The van der Waals surface area contributed by atoms with Gasteiger partial charge in [-0.3, -0.25) is 0 Å². The number of furan rings is 1. The van der Waals surface area contributed by atoms with Crippen molar-refractivity contribution in [3.63, 3.8) is 0 Å². The van der Waals surface area contributed by atoms with Crippen molar-refractivity contribution in [2.24, 2.45) is 0 Å². The SMILES string of the molecule is CCOC(=O)c1oc2ccccc2c1COC(=O)/C=C/c1ccsc1. The molecule has 0 amide bonds. The number of thiophene rings is 1. The Kier molecular flexibility index (Phi) is 5.30. The zero-order valence-electron chi connectivity index (χ0n) is 13.6. The largest absolute Gasteiger partial charge is 0.460 e. The second-order valence-corrected chi connectivity index (χ2v) is 5.90. The van der Waals surface area contributed by atoms with Gasteiger partial charge in [0.15, 0.2) is 0 Å². The van der Waals surface area contributed by atoms with Crippen LogP contribution in [0.5, 0.6) is 0 Å². The zero-order chi connectivity index (χ0) is 17.6. The summed E-state index contributed by atoms with van der Waals surface area (Å²) in [7, 11) is 0. The molecule has 25 heavy (non-hydrogen) atoms. The molecule has 128 valence electrons. The Balaban J connectivity index is 1.78. The van der Waals surface area contributed by atoms with Gasteiger partial charge in [-0.05, 0) is 41.5 Å². The van der Waals surface area contributed by atoms with E-state index in [1.165, 1.54) is 6.08 Å². The van der Waals surface area contributed by atoms with E-state index < -0.39 is 11.9 Å². The lowest BCUT2D eigenvalue weighted by Crippen LogP contribution is -2.08.